The van der Waals surface area contributed by atoms with Crippen LogP contribution in [0, 0.1) is 26.0 Å². The standard InChI is InChI=1S/C14H15BrN6O/c1-7-8(2)10(5-21(22)9(7)3)4-20-6-17-11-12(15)18-14(16)19-13(11)20/h5-6H,4H2,1-3H3,(H2,16,18,19). The lowest BCUT2D eigenvalue weighted by molar-refractivity contribution is -0.613. The highest BCUT2D eigenvalue weighted by Gasteiger charge is 2.16. The van der Waals surface area contributed by atoms with Gasteiger partial charge in [-0.15, -0.1) is 0 Å². The molecule has 0 radical (unpaired) electrons. The summed E-state index contributed by atoms with van der Waals surface area (Å²) in [5.41, 5.74) is 10.7. The minimum atomic E-state index is 0.178. The van der Waals surface area contributed by atoms with Gasteiger partial charge in [0.2, 0.25) is 5.95 Å². The fourth-order valence-corrected chi connectivity index (χ4v) is 2.86. The van der Waals surface area contributed by atoms with Crippen LogP contribution < -0.4 is 10.5 Å². The molecule has 3 rings (SSSR count). The van der Waals surface area contributed by atoms with Gasteiger partial charge >= 0.3 is 0 Å². The number of nitrogen functional groups attached to an aromatic ring is 1. The molecular weight excluding hydrogens is 348 g/mol. The Balaban J connectivity index is 2.12. The van der Waals surface area contributed by atoms with E-state index in [-0.39, 0.29) is 5.95 Å². The first kappa shape index (κ1) is 14.7. The Labute approximate surface area is 135 Å². The molecule has 0 amide bonds. The SMILES string of the molecule is Cc1c(Cn2cnc3c(Br)nc(N)nc32)c[n+]([O-])c(C)c1C. The van der Waals surface area contributed by atoms with E-state index in [1.54, 1.807) is 12.5 Å². The number of anilines is 1. The molecule has 3 aromatic rings. The van der Waals surface area contributed by atoms with Gasteiger partial charge < -0.3 is 15.5 Å². The Morgan fingerprint density at radius 1 is 1.27 bits per heavy atom. The zero-order valence-corrected chi connectivity index (χ0v) is 14.0. The van der Waals surface area contributed by atoms with Crippen LogP contribution >= 0.6 is 15.9 Å². The van der Waals surface area contributed by atoms with Crippen molar-refractivity contribution in [3.63, 3.8) is 0 Å². The van der Waals surface area contributed by atoms with Gasteiger partial charge in [0.1, 0.15) is 10.1 Å². The third-order valence-electron chi connectivity index (χ3n) is 3.97. The molecular formula is C14H15BrN6O. The van der Waals surface area contributed by atoms with Crippen LogP contribution in [0.25, 0.3) is 11.2 Å². The van der Waals surface area contributed by atoms with Crippen LogP contribution in [-0.4, -0.2) is 19.5 Å². The molecule has 0 aliphatic heterocycles. The molecule has 3 heterocycles. The van der Waals surface area contributed by atoms with Crippen molar-refractivity contribution < 1.29 is 4.73 Å². The monoisotopic (exact) mass is 362 g/mol. The van der Waals surface area contributed by atoms with Gasteiger partial charge in [0.15, 0.2) is 17.5 Å². The van der Waals surface area contributed by atoms with Gasteiger partial charge in [0.25, 0.3) is 0 Å². The first-order chi connectivity index (χ1) is 10.4. The minimum absolute atomic E-state index is 0.178. The number of imidazole rings is 1. The maximum Gasteiger partial charge on any atom is 0.223 e. The molecule has 114 valence electrons. The van der Waals surface area contributed by atoms with Crippen LogP contribution in [0.3, 0.4) is 0 Å². The van der Waals surface area contributed by atoms with Crippen molar-refractivity contribution in [2.24, 2.45) is 0 Å². The molecule has 3 aromatic heterocycles. The number of nitrogens with zero attached hydrogens (tertiary/aromatic N) is 5. The van der Waals surface area contributed by atoms with Gasteiger partial charge in [-0.05, 0) is 35.3 Å². The van der Waals surface area contributed by atoms with E-state index in [0.717, 1.165) is 21.4 Å². The molecule has 0 atom stereocenters. The summed E-state index contributed by atoms with van der Waals surface area (Å²) in [4.78, 5) is 12.6. The number of nitrogens with two attached hydrogens (primary N) is 1. The molecule has 0 aliphatic rings. The predicted molar refractivity (Wildman–Crippen MR) is 86.2 cm³/mol. The van der Waals surface area contributed by atoms with Crippen LogP contribution in [0.5, 0.6) is 0 Å². The molecule has 0 saturated heterocycles. The molecule has 0 aliphatic carbocycles. The number of pyridine rings is 1. The van der Waals surface area contributed by atoms with E-state index in [0.29, 0.717) is 28.0 Å². The molecule has 0 spiro atoms. The summed E-state index contributed by atoms with van der Waals surface area (Å²) >= 11 is 3.33. The van der Waals surface area contributed by atoms with E-state index in [1.165, 1.54) is 0 Å². The summed E-state index contributed by atoms with van der Waals surface area (Å²) in [7, 11) is 0. The second kappa shape index (κ2) is 5.20. The average Bonchev–Trinajstić information content (AvgIpc) is 2.86. The second-order valence-electron chi connectivity index (χ2n) is 5.23. The summed E-state index contributed by atoms with van der Waals surface area (Å²) in [5, 5.41) is 12.0. The zero-order chi connectivity index (χ0) is 16.0. The van der Waals surface area contributed by atoms with Gasteiger partial charge in [0, 0.05) is 18.1 Å². The highest BCUT2D eigenvalue weighted by molar-refractivity contribution is 9.10. The molecule has 2 N–H and O–H groups in total. The number of hydrogen-bond acceptors (Lipinski definition) is 5. The third-order valence-corrected chi connectivity index (χ3v) is 4.52. The van der Waals surface area contributed by atoms with Crippen molar-refractivity contribution in [3.8, 4) is 0 Å². The first-order valence-corrected chi connectivity index (χ1v) is 7.50. The second-order valence-corrected chi connectivity index (χ2v) is 5.98. The smallest absolute Gasteiger partial charge is 0.223 e. The lowest BCUT2D eigenvalue weighted by Crippen LogP contribution is -2.32. The zero-order valence-electron chi connectivity index (χ0n) is 12.5. The predicted octanol–water partition coefficient (Wildman–Crippen LogP) is 1.78. The van der Waals surface area contributed by atoms with Crippen molar-refractivity contribution >= 4 is 33.0 Å². The molecule has 0 unspecified atom stereocenters. The normalized spacial score (nSPS) is 11.3. The van der Waals surface area contributed by atoms with Gasteiger partial charge in [-0.25, -0.2) is 9.97 Å². The maximum absolute atomic E-state index is 12.0. The van der Waals surface area contributed by atoms with E-state index in [9.17, 15) is 5.21 Å². The number of rotatable bonds is 2. The van der Waals surface area contributed by atoms with E-state index >= 15 is 0 Å². The molecule has 8 heteroatoms. The van der Waals surface area contributed by atoms with Gasteiger partial charge in [-0.2, -0.15) is 9.71 Å². The van der Waals surface area contributed by atoms with E-state index in [4.69, 9.17) is 5.73 Å². The van der Waals surface area contributed by atoms with Crippen molar-refractivity contribution in [1.82, 2.24) is 19.5 Å². The largest absolute Gasteiger partial charge is 0.618 e. The molecule has 0 saturated carbocycles. The van der Waals surface area contributed by atoms with Gasteiger partial charge in [-0.1, -0.05) is 0 Å². The van der Waals surface area contributed by atoms with Crippen LogP contribution in [0.15, 0.2) is 17.1 Å². The van der Waals surface area contributed by atoms with Crippen molar-refractivity contribution in [2.75, 3.05) is 5.73 Å². The molecule has 7 nitrogen and oxygen atoms in total. The van der Waals surface area contributed by atoms with Crippen molar-refractivity contribution in [1.29, 1.82) is 0 Å². The number of aromatic nitrogens is 5. The van der Waals surface area contributed by atoms with Crippen LogP contribution in [-0.2, 0) is 6.54 Å². The highest BCUT2D eigenvalue weighted by Crippen LogP contribution is 2.22. The Kier molecular flexibility index (Phi) is 3.48. The lowest BCUT2D eigenvalue weighted by atomic mass is 10.0. The molecule has 0 aromatic carbocycles. The van der Waals surface area contributed by atoms with E-state index in [2.05, 4.69) is 30.9 Å². The molecule has 0 fully saturated rings. The highest BCUT2D eigenvalue weighted by atomic mass is 79.9. The Morgan fingerprint density at radius 2 is 2.00 bits per heavy atom. The number of hydrogen-bond donors (Lipinski definition) is 1. The van der Waals surface area contributed by atoms with Gasteiger partial charge in [-0.3, -0.25) is 0 Å². The maximum atomic E-state index is 12.0. The minimum Gasteiger partial charge on any atom is -0.618 e. The third kappa shape index (κ3) is 2.29. The summed E-state index contributed by atoms with van der Waals surface area (Å²) in [6.45, 7) is 6.27. The summed E-state index contributed by atoms with van der Waals surface area (Å²) < 4.78 is 3.31. The van der Waals surface area contributed by atoms with Crippen LogP contribution in [0.4, 0.5) is 5.95 Å². The van der Waals surface area contributed by atoms with Crippen molar-refractivity contribution in [3.05, 3.63) is 44.7 Å². The summed E-state index contributed by atoms with van der Waals surface area (Å²) in [6, 6.07) is 0. The van der Waals surface area contributed by atoms with E-state index in [1.807, 2.05) is 25.3 Å². The lowest BCUT2D eigenvalue weighted by Gasteiger charge is -2.12. The number of fused-ring (bicyclic) bond motifs is 1. The fourth-order valence-electron chi connectivity index (χ4n) is 2.40. The van der Waals surface area contributed by atoms with Crippen LogP contribution in [0.2, 0.25) is 0 Å². The van der Waals surface area contributed by atoms with Gasteiger partial charge in [0.05, 0.1) is 12.9 Å². The summed E-state index contributed by atoms with van der Waals surface area (Å²) in [6.07, 6.45) is 3.27. The topological polar surface area (TPSA) is 96.6 Å². The average molecular weight is 363 g/mol. The Morgan fingerprint density at radius 3 is 2.73 bits per heavy atom. The first-order valence-electron chi connectivity index (χ1n) is 6.71. The van der Waals surface area contributed by atoms with Crippen LogP contribution in [0.1, 0.15) is 22.4 Å². The fraction of sp³-hybridized carbons (Fsp3) is 0.286. The molecule has 22 heavy (non-hydrogen) atoms. The molecule has 0 bridgehead atoms. The Hall–Kier alpha value is -2.22. The van der Waals surface area contributed by atoms with Crippen molar-refractivity contribution in [2.45, 2.75) is 27.3 Å². The quantitative estimate of drug-likeness (QED) is 0.425. The van der Waals surface area contributed by atoms with E-state index < -0.39 is 0 Å². The summed E-state index contributed by atoms with van der Waals surface area (Å²) in [5.74, 6) is 0.178. The number of halogens is 1. The Bertz CT molecular complexity index is 889.